The van der Waals surface area contributed by atoms with E-state index in [2.05, 4.69) is 10.3 Å². The number of anilines is 1. The van der Waals surface area contributed by atoms with Crippen LogP contribution in [0.4, 0.5) is 10.1 Å². The number of carbonyl (C=O) groups excluding carboxylic acids is 1. The number of pyridine rings is 1. The maximum absolute atomic E-state index is 13.6. The molecule has 0 aliphatic carbocycles. The van der Waals surface area contributed by atoms with Crippen LogP contribution in [0.1, 0.15) is 50.7 Å². The minimum absolute atomic E-state index is 0.0198. The number of nitrogens with zero attached hydrogens (tertiary/aromatic N) is 1. The predicted octanol–water partition coefficient (Wildman–Crippen LogP) is 3.04. The van der Waals surface area contributed by atoms with Gasteiger partial charge in [0.15, 0.2) is 0 Å². The van der Waals surface area contributed by atoms with Crippen LogP contribution >= 0.6 is 0 Å². The molecule has 4 heteroatoms. The fourth-order valence-corrected chi connectivity index (χ4v) is 1.70. The van der Waals surface area contributed by atoms with Crippen LogP contribution in [-0.2, 0) is 4.79 Å². The Kier molecular flexibility index (Phi) is 3.99. The third kappa shape index (κ3) is 2.38. The highest BCUT2D eigenvalue weighted by Crippen LogP contribution is 2.32. The number of aromatic nitrogens is 1. The molecule has 0 atom stereocenters. The zero-order chi connectivity index (χ0) is 12.3. The fourth-order valence-electron chi connectivity index (χ4n) is 1.70. The van der Waals surface area contributed by atoms with Crippen molar-refractivity contribution in [1.29, 1.82) is 0 Å². The first-order valence-electron chi connectivity index (χ1n) is 5.37. The molecule has 88 valence electrons. The van der Waals surface area contributed by atoms with Gasteiger partial charge in [0.1, 0.15) is 0 Å². The van der Waals surface area contributed by atoms with Crippen molar-refractivity contribution in [1.82, 2.24) is 4.98 Å². The van der Waals surface area contributed by atoms with Gasteiger partial charge in [0.2, 0.25) is 12.4 Å². The lowest BCUT2D eigenvalue weighted by atomic mass is 9.95. The summed E-state index contributed by atoms with van der Waals surface area (Å²) in [5.41, 5.74) is 1.89. The number of hydrogen-bond acceptors (Lipinski definition) is 2. The number of halogens is 1. The Hall–Kier alpha value is -1.45. The summed E-state index contributed by atoms with van der Waals surface area (Å²) in [7, 11) is 0. The van der Waals surface area contributed by atoms with Gasteiger partial charge in [-0.25, -0.2) is 4.98 Å². The zero-order valence-corrected chi connectivity index (χ0v) is 10.0. The molecule has 0 bridgehead atoms. The molecule has 0 fully saturated rings. The number of hydrogen-bond donors (Lipinski definition) is 1. The fraction of sp³-hybridized carbons (Fsp3) is 0.500. The topological polar surface area (TPSA) is 42.0 Å². The Morgan fingerprint density at radius 1 is 1.31 bits per heavy atom. The van der Waals surface area contributed by atoms with E-state index in [1.54, 1.807) is 0 Å². The molecule has 1 N–H and O–H groups in total. The van der Waals surface area contributed by atoms with E-state index in [1.807, 2.05) is 27.7 Å². The molecule has 0 radical (unpaired) electrons. The lowest BCUT2D eigenvalue weighted by Gasteiger charge is -2.18. The van der Waals surface area contributed by atoms with Crippen molar-refractivity contribution in [3.05, 3.63) is 23.3 Å². The molecule has 1 amide bonds. The van der Waals surface area contributed by atoms with Crippen LogP contribution < -0.4 is 5.32 Å². The van der Waals surface area contributed by atoms with E-state index in [0.29, 0.717) is 17.7 Å². The molecule has 0 saturated carbocycles. The predicted molar refractivity (Wildman–Crippen MR) is 62.1 cm³/mol. The van der Waals surface area contributed by atoms with Gasteiger partial charge in [0.05, 0.1) is 5.69 Å². The SMILES string of the molecule is CC(C)c1cnc(F)c(C(C)C)c1NC=O. The number of amides is 1. The first-order chi connectivity index (χ1) is 7.49. The highest BCUT2D eigenvalue weighted by atomic mass is 19.1. The Morgan fingerprint density at radius 2 is 1.94 bits per heavy atom. The van der Waals surface area contributed by atoms with E-state index >= 15 is 0 Å². The summed E-state index contributed by atoms with van der Waals surface area (Å²) in [6.07, 6.45) is 2.06. The second-order valence-corrected chi connectivity index (χ2v) is 4.36. The smallest absolute Gasteiger partial charge is 0.218 e. The molecule has 0 aromatic carbocycles. The summed E-state index contributed by atoms with van der Waals surface area (Å²) < 4.78 is 13.6. The van der Waals surface area contributed by atoms with Gasteiger partial charge >= 0.3 is 0 Å². The van der Waals surface area contributed by atoms with Gasteiger partial charge < -0.3 is 5.32 Å². The van der Waals surface area contributed by atoms with E-state index in [4.69, 9.17) is 0 Å². The van der Waals surface area contributed by atoms with Crippen molar-refractivity contribution in [2.24, 2.45) is 0 Å². The molecule has 0 aliphatic rings. The quantitative estimate of drug-likeness (QED) is 0.631. The van der Waals surface area contributed by atoms with E-state index < -0.39 is 5.95 Å². The molecular formula is C12H17FN2O. The Labute approximate surface area is 95.1 Å². The van der Waals surface area contributed by atoms with Crippen LogP contribution in [0.3, 0.4) is 0 Å². The number of rotatable bonds is 4. The Morgan fingerprint density at radius 3 is 2.38 bits per heavy atom. The molecule has 1 rings (SSSR count). The summed E-state index contributed by atoms with van der Waals surface area (Å²) in [5.74, 6) is -0.342. The molecule has 0 unspecified atom stereocenters. The second-order valence-electron chi connectivity index (χ2n) is 4.36. The van der Waals surface area contributed by atoms with E-state index in [0.717, 1.165) is 5.56 Å². The Balaban J connectivity index is 3.42. The average molecular weight is 224 g/mol. The maximum Gasteiger partial charge on any atom is 0.218 e. The monoisotopic (exact) mass is 224 g/mol. The van der Waals surface area contributed by atoms with Crippen LogP contribution in [0.25, 0.3) is 0 Å². The lowest BCUT2D eigenvalue weighted by molar-refractivity contribution is -0.105. The van der Waals surface area contributed by atoms with Crippen molar-refractivity contribution in [2.45, 2.75) is 39.5 Å². The highest BCUT2D eigenvalue weighted by molar-refractivity contribution is 5.76. The summed E-state index contributed by atoms with van der Waals surface area (Å²) in [6.45, 7) is 7.71. The largest absolute Gasteiger partial charge is 0.328 e. The van der Waals surface area contributed by atoms with Gasteiger partial charge in [-0.15, -0.1) is 0 Å². The van der Waals surface area contributed by atoms with E-state index in [1.165, 1.54) is 6.20 Å². The van der Waals surface area contributed by atoms with Crippen molar-refractivity contribution >= 4 is 12.1 Å². The van der Waals surface area contributed by atoms with E-state index in [-0.39, 0.29) is 11.8 Å². The van der Waals surface area contributed by atoms with Gasteiger partial charge in [0, 0.05) is 11.8 Å². The van der Waals surface area contributed by atoms with Gasteiger partial charge in [0.25, 0.3) is 0 Å². The molecule has 3 nitrogen and oxygen atoms in total. The molecule has 1 aromatic heterocycles. The molecule has 1 aromatic rings. The zero-order valence-electron chi connectivity index (χ0n) is 10.0. The summed E-state index contributed by atoms with van der Waals surface area (Å²) in [5, 5.41) is 2.59. The first kappa shape index (κ1) is 12.6. The molecule has 1 heterocycles. The van der Waals surface area contributed by atoms with Crippen molar-refractivity contribution in [3.63, 3.8) is 0 Å². The van der Waals surface area contributed by atoms with E-state index in [9.17, 15) is 9.18 Å². The summed E-state index contributed by atoms with van der Waals surface area (Å²) in [6, 6.07) is 0. The number of carbonyl (C=O) groups is 1. The molecule has 0 aliphatic heterocycles. The third-order valence-corrected chi connectivity index (χ3v) is 2.50. The minimum Gasteiger partial charge on any atom is -0.328 e. The summed E-state index contributed by atoms with van der Waals surface area (Å²) in [4.78, 5) is 14.3. The molecule has 16 heavy (non-hydrogen) atoms. The van der Waals surface area contributed by atoms with Gasteiger partial charge in [-0.1, -0.05) is 27.7 Å². The average Bonchev–Trinajstić information content (AvgIpc) is 2.17. The highest BCUT2D eigenvalue weighted by Gasteiger charge is 2.18. The van der Waals surface area contributed by atoms with Gasteiger partial charge in [-0.05, 0) is 17.4 Å². The van der Waals surface area contributed by atoms with Crippen LogP contribution in [0.2, 0.25) is 0 Å². The van der Waals surface area contributed by atoms with Gasteiger partial charge in [-0.2, -0.15) is 4.39 Å². The maximum atomic E-state index is 13.6. The van der Waals surface area contributed by atoms with Crippen LogP contribution in [0.5, 0.6) is 0 Å². The molecular weight excluding hydrogens is 207 g/mol. The van der Waals surface area contributed by atoms with Crippen LogP contribution in [-0.4, -0.2) is 11.4 Å². The normalized spacial score (nSPS) is 10.9. The minimum atomic E-state index is -0.510. The second kappa shape index (κ2) is 5.05. The van der Waals surface area contributed by atoms with Crippen molar-refractivity contribution < 1.29 is 9.18 Å². The standard InChI is InChI=1S/C12H17FN2O/c1-7(2)9-5-14-12(13)10(8(3)4)11(9)15-6-16/h5-8H,1-4H3,(H,14,15,16). The number of nitrogens with one attached hydrogen (secondary N) is 1. The first-order valence-corrected chi connectivity index (χ1v) is 5.37. The molecule has 0 spiro atoms. The van der Waals surface area contributed by atoms with Crippen molar-refractivity contribution in [2.75, 3.05) is 5.32 Å². The summed E-state index contributed by atoms with van der Waals surface area (Å²) >= 11 is 0. The van der Waals surface area contributed by atoms with Crippen LogP contribution in [0.15, 0.2) is 6.20 Å². The lowest BCUT2D eigenvalue weighted by Crippen LogP contribution is -2.09. The van der Waals surface area contributed by atoms with Gasteiger partial charge in [-0.3, -0.25) is 4.79 Å². The molecule has 0 saturated heterocycles. The Bertz CT molecular complexity index is 389. The van der Waals surface area contributed by atoms with Crippen molar-refractivity contribution in [3.8, 4) is 0 Å². The van der Waals surface area contributed by atoms with Crippen LogP contribution in [0, 0.1) is 5.95 Å². The third-order valence-electron chi connectivity index (χ3n) is 2.50.